The topological polar surface area (TPSA) is 75.7 Å². The van der Waals surface area contributed by atoms with E-state index in [-0.39, 0.29) is 11.8 Å². The Balaban J connectivity index is 2.02. The highest BCUT2D eigenvalue weighted by atomic mass is 16.5. The Morgan fingerprint density at radius 3 is 2.04 bits per heavy atom. The minimum Gasteiger partial charge on any atom is -0.427 e. The van der Waals surface area contributed by atoms with Crippen LogP contribution in [0.1, 0.15) is 33.2 Å². The van der Waals surface area contributed by atoms with Crippen LogP contribution in [0.4, 0.5) is 0 Å². The molecule has 0 heterocycles. The Kier molecular flexibility index (Phi) is 5.89. The maximum Gasteiger partial charge on any atom is 0.308 e. The van der Waals surface area contributed by atoms with Crippen LogP contribution >= 0.6 is 0 Å². The summed E-state index contributed by atoms with van der Waals surface area (Å²) < 4.78 is 4.95. The average Bonchev–Trinajstić information content (AvgIpc) is 2.61. The number of carbonyl (C=O) groups is 3. The van der Waals surface area contributed by atoms with Crippen LogP contribution in [-0.2, 0) is 11.3 Å². The summed E-state index contributed by atoms with van der Waals surface area (Å²) in [6.45, 7) is 1.74. The van der Waals surface area contributed by atoms with E-state index >= 15 is 0 Å². The second-order valence-electron chi connectivity index (χ2n) is 5.56. The van der Waals surface area contributed by atoms with E-state index < -0.39 is 5.97 Å². The monoisotopic (exact) mass is 340 g/mol. The van der Waals surface area contributed by atoms with Crippen LogP contribution in [0.15, 0.2) is 48.5 Å². The first-order valence-corrected chi connectivity index (χ1v) is 7.75. The van der Waals surface area contributed by atoms with Gasteiger partial charge in [0.15, 0.2) is 0 Å². The third-order valence-electron chi connectivity index (χ3n) is 3.57. The van der Waals surface area contributed by atoms with Crippen LogP contribution < -0.4 is 10.1 Å². The summed E-state index contributed by atoms with van der Waals surface area (Å²) in [7, 11) is 3.28. The predicted molar refractivity (Wildman–Crippen MR) is 93.4 cm³/mol. The van der Waals surface area contributed by atoms with Gasteiger partial charge in [0.25, 0.3) is 11.8 Å². The number of rotatable bonds is 5. The third kappa shape index (κ3) is 4.91. The number of nitrogens with zero attached hydrogens (tertiary/aromatic N) is 1. The lowest BCUT2D eigenvalue weighted by molar-refractivity contribution is -0.131. The highest BCUT2D eigenvalue weighted by molar-refractivity contribution is 5.94. The number of hydrogen-bond acceptors (Lipinski definition) is 4. The van der Waals surface area contributed by atoms with E-state index in [1.807, 2.05) is 12.1 Å². The van der Waals surface area contributed by atoms with Crippen LogP contribution in [0.3, 0.4) is 0 Å². The van der Waals surface area contributed by atoms with E-state index in [9.17, 15) is 14.4 Å². The average molecular weight is 340 g/mol. The molecule has 0 saturated heterocycles. The van der Waals surface area contributed by atoms with Crippen molar-refractivity contribution in [3.05, 3.63) is 65.2 Å². The number of amides is 2. The second-order valence-corrected chi connectivity index (χ2v) is 5.56. The van der Waals surface area contributed by atoms with Crippen LogP contribution in [0.2, 0.25) is 0 Å². The molecular formula is C19H20N2O4. The lowest BCUT2D eigenvalue weighted by Gasteiger charge is -2.17. The quantitative estimate of drug-likeness (QED) is 0.669. The molecule has 0 aliphatic carbocycles. The molecule has 0 fully saturated rings. The predicted octanol–water partition coefficient (Wildman–Crippen LogP) is 2.24. The van der Waals surface area contributed by atoms with Crippen molar-refractivity contribution in [2.24, 2.45) is 0 Å². The molecule has 0 aliphatic rings. The Morgan fingerprint density at radius 1 is 0.960 bits per heavy atom. The third-order valence-corrected chi connectivity index (χ3v) is 3.57. The summed E-state index contributed by atoms with van der Waals surface area (Å²) in [6.07, 6.45) is 0. The molecule has 0 atom stereocenters. The Hall–Kier alpha value is -3.15. The van der Waals surface area contributed by atoms with Gasteiger partial charge in [-0.3, -0.25) is 14.4 Å². The van der Waals surface area contributed by atoms with Gasteiger partial charge in [-0.15, -0.1) is 0 Å². The van der Waals surface area contributed by atoms with E-state index in [2.05, 4.69) is 5.32 Å². The summed E-state index contributed by atoms with van der Waals surface area (Å²) in [5, 5.41) is 2.56. The molecule has 0 aliphatic heterocycles. The number of hydrogen-bond donors (Lipinski definition) is 1. The first kappa shape index (κ1) is 18.2. The highest BCUT2D eigenvalue weighted by Gasteiger charge is 2.13. The van der Waals surface area contributed by atoms with E-state index in [1.165, 1.54) is 6.92 Å². The molecule has 0 bridgehead atoms. The fraction of sp³-hybridized carbons (Fsp3) is 0.211. The van der Waals surface area contributed by atoms with E-state index in [0.717, 1.165) is 5.56 Å². The summed E-state index contributed by atoms with van der Waals surface area (Å²) in [4.78, 5) is 36.5. The molecule has 6 nitrogen and oxygen atoms in total. The van der Waals surface area contributed by atoms with Gasteiger partial charge in [-0.2, -0.15) is 0 Å². The highest BCUT2D eigenvalue weighted by Crippen LogP contribution is 2.15. The van der Waals surface area contributed by atoms with E-state index in [1.54, 1.807) is 55.4 Å². The normalized spacial score (nSPS) is 10.0. The van der Waals surface area contributed by atoms with Gasteiger partial charge in [0, 0.05) is 38.7 Å². The van der Waals surface area contributed by atoms with Crippen molar-refractivity contribution in [2.45, 2.75) is 13.5 Å². The van der Waals surface area contributed by atoms with Crippen LogP contribution in [0.5, 0.6) is 5.75 Å². The molecule has 2 rings (SSSR count). The maximum atomic E-state index is 12.5. The summed E-state index contributed by atoms with van der Waals surface area (Å²) in [6, 6.07) is 13.5. The van der Waals surface area contributed by atoms with Crippen molar-refractivity contribution in [1.29, 1.82) is 0 Å². The molecule has 0 radical (unpaired) electrons. The molecule has 1 N–H and O–H groups in total. The molecule has 0 spiro atoms. The van der Waals surface area contributed by atoms with Gasteiger partial charge in [0.2, 0.25) is 0 Å². The molecule has 2 aromatic rings. The first-order chi connectivity index (χ1) is 11.9. The summed E-state index contributed by atoms with van der Waals surface area (Å²) in [5.74, 6) is -0.304. The molecule has 0 unspecified atom stereocenters. The van der Waals surface area contributed by atoms with Gasteiger partial charge in [0.05, 0.1) is 0 Å². The van der Waals surface area contributed by atoms with Gasteiger partial charge in [0.1, 0.15) is 5.75 Å². The molecular weight excluding hydrogens is 320 g/mol. The van der Waals surface area contributed by atoms with E-state index in [4.69, 9.17) is 4.74 Å². The van der Waals surface area contributed by atoms with Gasteiger partial charge in [-0.05, 0) is 42.0 Å². The fourth-order valence-corrected chi connectivity index (χ4v) is 2.30. The second kappa shape index (κ2) is 8.10. The van der Waals surface area contributed by atoms with Crippen molar-refractivity contribution in [3.63, 3.8) is 0 Å². The largest absolute Gasteiger partial charge is 0.427 e. The number of benzene rings is 2. The Labute approximate surface area is 146 Å². The van der Waals surface area contributed by atoms with Gasteiger partial charge in [-0.25, -0.2) is 0 Å². The van der Waals surface area contributed by atoms with Crippen LogP contribution in [0.25, 0.3) is 0 Å². The molecule has 25 heavy (non-hydrogen) atoms. The van der Waals surface area contributed by atoms with Crippen molar-refractivity contribution < 1.29 is 19.1 Å². The summed E-state index contributed by atoms with van der Waals surface area (Å²) >= 11 is 0. The molecule has 0 aromatic heterocycles. The molecule has 6 heteroatoms. The van der Waals surface area contributed by atoms with Gasteiger partial charge in [-0.1, -0.05) is 12.1 Å². The first-order valence-electron chi connectivity index (χ1n) is 7.75. The minimum absolute atomic E-state index is 0.148. The van der Waals surface area contributed by atoms with E-state index in [0.29, 0.717) is 23.4 Å². The smallest absolute Gasteiger partial charge is 0.308 e. The number of esters is 1. The zero-order valence-electron chi connectivity index (χ0n) is 14.4. The molecule has 2 amide bonds. The lowest BCUT2D eigenvalue weighted by atomic mass is 10.1. The SMILES string of the molecule is CNC(=O)c1ccc(CN(C)C(=O)c2ccc(OC(C)=O)cc2)cc1. The Morgan fingerprint density at radius 2 is 1.52 bits per heavy atom. The Bertz CT molecular complexity index is 767. The fourth-order valence-electron chi connectivity index (χ4n) is 2.30. The molecule has 0 saturated carbocycles. The number of carbonyl (C=O) groups excluding carboxylic acids is 3. The van der Waals surface area contributed by atoms with Crippen molar-refractivity contribution in [2.75, 3.05) is 14.1 Å². The maximum absolute atomic E-state index is 12.5. The zero-order chi connectivity index (χ0) is 18.4. The minimum atomic E-state index is -0.406. The summed E-state index contributed by atoms with van der Waals surface area (Å²) in [5.41, 5.74) is 1.99. The van der Waals surface area contributed by atoms with Gasteiger partial charge >= 0.3 is 5.97 Å². The number of ether oxygens (including phenoxy) is 1. The van der Waals surface area contributed by atoms with Crippen molar-refractivity contribution in [3.8, 4) is 5.75 Å². The van der Waals surface area contributed by atoms with Gasteiger partial charge < -0.3 is 15.0 Å². The van der Waals surface area contributed by atoms with Crippen molar-refractivity contribution >= 4 is 17.8 Å². The number of nitrogens with one attached hydrogen (secondary N) is 1. The molecule has 130 valence electrons. The standard InChI is InChI=1S/C19H20N2O4/c1-13(22)25-17-10-8-16(9-11-17)19(24)21(3)12-14-4-6-15(7-5-14)18(23)20-2/h4-11H,12H2,1-3H3,(H,20,23). The molecule has 2 aromatic carbocycles. The zero-order valence-corrected chi connectivity index (χ0v) is 14.4. The lowest BCUT2D eigenvalue weighted by Crippen LogP contribution is -2.26. The van der Waals surface area contributed by atoms with Crippen LogP contribution in [0, 0.1) is 0 Å². The van der Waals surface area contributed by atoms with Crippen LogP contribution in [-0.4, -0.2) is 36.8 Å². The van der Waals surface area contributed by atoms with Crippen molar-refractivity contribution in [1.82, 2.24) is 10.2 Å².